The monoisotopic (exact) mass is 334 g/mol. The van der Waals surface area contributed by atoms with Crippen LogP contribution in [0.2, 0.25) is 0 Å². The van der Waals surface area contributed by atoms with Gasteiger partial charge in [0.2, 0.25) is 5.91 Å². The second kappa shape index (κ2) is 7.54. The van der Waals surface area contributed by atoms with Crippen LogP contribution in [0.25, 0.3) is 0 Å². The molecule has 23 heavy (non-hydrogen) atoms. The number of carbonyl (C=O) groups excluding carboxylic acids is 1. The minimum absolute atomic E-state index is 0.109. The number of nitro groups is 1. The number of aromatic nitrogens is 2. The molecule has 0 unspecified atom stereocenters. The van der Waals surface area contributed by atoms with Gasteiger partial charge in [0.1, 0.15) is 5.75 Å². The Balaban J connectivity index is 2.01. The maximum atomic E-state index is 12.0. The molecule has 0 aliphatic rings. The maximum absolute atomic E-state index is 12.0. The van der Waals surface area contributed by atoms with Crippen LogP contribution in [0.15, 0.2) is 35.6 Å². The zero-order valence-corrected chi connectivity index (χ0v) is 13.3. The largest absolute Gasteiger partial charge is 0.494 e. The number of ether oxygens (including phenoxy) is 1. The number of aryl methyl sites for hydroxylation is 1. The number of methoxy groups -OCH3 is 1. The highest BCUT2D eigenvalue weighted by Gasteiger charge is 2.13. The molecule has 1 aromatic carbocycles. The molecule has 8 nitrogen and oxygen atoms in total. The third-order valence-corrected chi connectivity index (χ3v) is 3.64. The van der Waals surface area contributed by atoms with E-state index in [1.807, 2.05) is 6.92 Å². The summed E-state index contributed by atoms with van der Waals surface area (Å²) in [6.07, 6.45) is 1.63. The summed E-state index contributed by atoms with van der Waals surface area (Å²) in [5.41, 5.74) is 1.08. The van der Waals surface area contributed by atoms with Gasteiger partial charge in [-0.2, -0.15) is 0 Å². The van der Waals surface area contributed by atoms with E-state index in [1.165, 1.54) is 37.1 Å². The summed E-state index contributed by atoms with van der Waals surface area (Å²) in [6.45, 7) is 1.84. The predicted molar refractivity (Wildman–Crippen MR) is 85.8 cm³/mol. The molecular formula is C14H14N4O4S. The van der Waals surface area contributed by atoms with Gasteiger partial charge in [-0.25, -0.2) is 9.97 Å². The first-order chi connectivity index (χ1) is 11.0. The second-order valence-electron chi connectivity index (χ2n) is 4.46. The zero-order chi connectivity index (χ0) is 16.8. The Morgan fingerprint density at radius 2 is 2.22 bits per heavy atom. The van der Waals surface area contributed by atoms with Gasteiger partial charge in [-0.3, -0.25) is 14.9 Å². The number of benzene rings is 1. The summed E-state index contributed by atoms with van der Waals surface area (Å²) in [6, 6.07) is 5.76. The SMILES string of the molecule is COc1cc([N+](=O)[O-])ccc1NC(=O)CSc1nccc(C)n1. The average molecular weight is 334 g/mol. The molecular weight excluding hydrogens is 320 g/mol. The van der Waals surface area contributed by atoms with Crippen molar-refractivity contribution in [3.05, 3.63) is 46.3 Å². The number of nitro benzene ring substituents is 1. The molecule has 1 amide bonds. The molecule has 0 fully saturated rings. The summed E-state index contributed by atoms with van der Waals surface area (Å²) in [7, 11) is 1.38. The fourth-order valence-electron chi connectivity index (χ4n) is 1.71. The molecule has 0 saturated heterocycles. The number of anilines is 1. The van der Waals surface area contributed by atoms with E-state index < -0.39 is 4.92 Å². The van der Waals surface area contributed by atoms with Gasteiger partial charge >= 0.3 is 0 Å². The van der Waals surface area contributed by atoms with Gasteiger partial charge < -0.3 is 10.1 Å². The van der Waals surface area contributed by atoms with E-state index in [0.29, 0.717) is 10.8 Å². The van der Waals surface area contributed by atoms with Gasteiger partial charge in [0.25, 0.3) is 5.69 Å². The highest BCUT2D eigenvalue weighted by Crippen LogP contribution is 2.29. The van der Waals surface area contributed by atoms with Crippen LogP contribution >= 0.6 is 11.8 Å². The molecule has 1 N–H and O–H groups in total. The van der Waals surface area contributed by atoms with E-state index in [1.54, 1.807) is 12.3 Å². The van der Waals surface area contributed by atoms with Gasteiger partial charge in [0.15, 0.2) is 5.16 Å². The number of amides is 1. The number of nitrogens with zero attached hydrogens (tertiary/aromatic N) is 3. The molecule has 0 saturated carbocycles. The highest BCUT2D eigenvalue weighted by atomic mass is 32.2. The molecule has 0 spiro atoms. The fraction of sp³-hybridized carbons (Fsp3) is 0.214. The lowest BCUT2D eigenvalue weighted by molar-refractivity contribution is -0.384. The molecule has 1 aromatic heterocycles. The van der Waals surface area contributed by atoms with Crippen LogP contribution in [0.3, 0.4) is 0 Å². The van der Waals surface area contributed by atoms with E-state index in [9.17, 15) is 14.9 Å². The summed E-state index contributed by atoms with van der Waals surface area (Å²) in [5.74, 6) is 0.0560. The number of thioether (sulfide) groups is 1. The third kappa shape index (κ3) is 4.65. The summed E-state index contributed by atoms with van der Waals surface area (Å²) in [5, 5.41) is 13.9. The van der Waals surface area contributed by atoms with Crippen molar-refractivity contribution >= 4 is 29.0 Å². The molecule has 1 heterocycles. The van der Waals surface area contributed by atoms with Gasteiger partial charge in [-0.1, -0.05) is 11.8 Å². The quantitative estimate of drug-likeness (QED) is 0.374. The van der Waals surface area contributed by atoms with E-state index in [4.69, 9.17) is 4.74 Å². The van der Waals surface area contributed by atoms with Crippen LogP contribution in [0.1, 0.15) is 5.69 Å². The molecule has 0 aliphatic heterocycles. The van der Waals surface area contributed by atoms with Gasteiger partial charge in [0, 0.05) is 18.0 Å². The van der Waals surface area contributed by atoms with Gasteiger partial charge in [0.05, 0.1) is 29.5 Å². The standard InChI is InChI=1S/C14H14N4O4S/c1-9-5-6-15-14(16-9)23-8-13(19)17-11-4-3-10(18(20)21)7-12(11)22-2/h3-7H,8H2,1-2H3,(H,17,19). The lowest BCUT2D eigenvalue weighted by atomic mass is 10.2. The Kier molecular flexibility index (Phi) is 5.47. The molecule has 120 valence electrons. The van der Waals surface area contributed by atoms with Crippen molar-refractivity contribution < 1.29 is 14.5 Å². The topological polar surface area (TPSA) is 107 Å². The second-order valence-corrected chi connectivity index (χ2v) is 5.40. The molecule has 2 rings (SSSR count). The first-order valence-corrected chi connectivity index (χ1v) is 7.53. The first kappa shape index (κ1) is 16.7. The molecule has 0 bridgehead atoms. The van der Waals surface area contributed by atoms with Crippen LogP contribution in [0.5, 0.6) is 5.75 Å². The number of carbonyl (C=O) groups is 1. The van der Waals surface area contributed by atoms with Crippen molar-refractivity contribution in [2.75, 3.05) is 18.2 Å². The van der Waals surface area contributed by atoms with E-state index in [2.05, 4.69) is 15.3 Å². The number of hydrogen-bond donors (Lipinski definition) is 1. The number of hydrogen-bond acceptors (Lipinski definition) is 7. The van der Waals surface area contributed by atoms with Crippen LogP contribution in [0.4, 0.5) is 11.4 Å². The first-order valence-electron chi connectivity index (χ1n) is 6.54. The van der Waals surface area contributed by atoms with Crippen molar-refractivity contribution in [2.45, 2.75) is 12.1 Å². The average Bonchev–Trinajstić information content (AvgIpc) is 2.53. The van der Waals surface area contributed by atoms with Crippen molar-refractivity contribution in [1.29, 1.82) is 0 Å². The zero-order valence-electron chi connectivity index (χ0n) is 12.5. The Hall–Kier alpha value is -2.68. The van der Waals surface area contributed by atoms with Crippen LogP contribution in [-0.4, -0.2) is 33.7 Å². The maximum Gasteiger partial charge on any atom is 0.273 e. The smallest absolute Gasteiger partial charge is 0.273 e. The van der Waals surface area contributed by atoms with Crippen LogP contribution in [-0.2, 0) is 4.79 Å². The summed E-state index contributed by atoms with van der Waals surface area (Å²) < 4.78 is 5.06. The number of nitrogens with one attached hydrogen (secondary N) is 1. The van der Waals surface area contributed by atoms with Crippen molar-refractivity contribution in [2.24, 2.45) is 0 Å². The van der Waals surface area contributed by atoms with Gasteiger partial charge in [-0.05, 0) is 19.1 Å². The van der Waals surface area contributed by atoms with E-state index in [-0.39, 0.29) is 23.1 Å². The van der Waals surface area contributed by atoms with Crippen molar-refractivity contribution in [3.8, 4) is 5.75 Å². The predicted octanol–water partition coefficient (Wildman–Crippen LogP) is 2.43. The van der Waals surface area contributed by atoms with Crippen LogP contribution in [0, 0.1) is 17.0 Å². The summed E-state index contributed by atoms with van der Waals surface area (Å²) in [4.78, 5) is 30.4. The minimum atomic E-state index is -0.529. The van der Waals surface area contributed by atoms with Gasteiger partial charge in [-0.15, -0.1) is 0 Å². The van der Waals surface area contributed by atoms with Crippen molar-refractivity contribution in [3.63, 3.8) is 0 Å². The lowest BCUT2D eigenvalue weighted by Gasteiger charge is -2.09. The lowest BCUT2D eigenvalue weighted by Crippen LogP contribution is -2.15. The molecule has 9 heteroatoms. The normalized spacial score (nSPS) is 10.2. The van der Waals surface area contributed by atoms with E-state index in [0.717, 1.165) is 5.69 Å². The van der Waals surface area contributed by atoms with Crippen LogP contribution < -0.4 is 10.1 Å². The Morgan fingerprint density at radius 1 is 1.43 bits per heavy atom. The fourth-order valence-corrected chi connectivity index (χ4v) is 2.38. The Bertz CT molecular complexity index is 738. The number of non-ortho nitro benzene ring substituents is 1. The number of rotatable bonds is 6. The molecule has 0 atom stereocenters. The summed E-state index contributed by atoms with van der Waals surface area (Å²) >= 11 is 1.20. The van der Waals surface area contributed by atoms with E-state index >= 15 is 0 Å². The third-order valence-electron chi connectivity index (χ3n) is 2.78. The molecule has 0 radical (unpaired) electrons. The Morgan fingerprint density at radius 3 is 2.87 bits per heavy atom. The minimum Gasteiger partial charge on any atom is -0.494 e. The molecule has 0 aliphatic carbocycles. The van der Waals surface area contributed by atoms with Crippen molar-refractivity contribution in [1.82, 2.24) is 9.97 Å². The Labute approximate surface area is 136 Å². The highest BCUT2D eigenvalue weighted by molar-refractivity contribution is 7.99. The molecule has 2 aromatic rings.